The number of halogens is 1. The number of benzene rings is 1. The first kappa shape index (κ1) is 14.3. The van der Waals surface area contributed by atoms with Gasteiger partial charge in [-0.3, -0.25) is 4.72 Å². The molecule has 0 heterocycles. The maximum atomic E-state index is 11.6. The molecule has 1 aromatic carbocycles. The molecule has 5 nitrogen and oxygen atoms in total. The molecule has 0 aliphatic carbocycles. The molecule has 96 valence electrons. The summed E-state index contributed by atoms with van der Waals surface area (Å²) in [7, 11) is -0.0470. The monoisotopic (exact) mass is 322 g/mol. The van der Waals surface area contributed by atoms with Crippen LogP contribution < -0.4 is 14.8 Å². The van der Waals surface area contributed by atoms with Crippen molar-refractivity contribution in [3.8, 4) is 5.75 Å². The zero-order valence-corrected chi connectivity index (χ0v) is 12.1. The minimum Gasteiger partial charge on any atom is -0.496 e. The molecule has 0 spiro atoms. The van der Waals surface area contributed by atoms with Gasteiger partial charge in [0.05, 0.1) is 17.3 Å². The van der Waals surface area contributed by atoms with Crippen molar-refractivity contribution in [2.45, 2.75) is 0 Å². The Kier molecular flexibility index (Phi) is 5.23. The van der Waals surface area contributed by atoms with Crippen LogP contribution in [0, 0.1) is 0 Å². The summed E-state index contributed by atoms with van der Waals surface area (Å²) in [6.45, 7) is 0.409. The van der Waals surface area contributed by atoms with Crippen molar-refractivity contribution in [1.29, 1.82) is 0 Å². The smallest absolute Gasteiger partial charge is 0.233 e. The van der Waals surface area contributed by atoms with Crippen molar-refractivity contribution in [3.63, 3.8) is 0 Å². The number of nitrogens with one attached hydrogen (secondary N) is 2. The Labute approximate surface area is 110 Å². The lowest BCUT2D eigenvalue weighted by Crippen LogP contribution is -2.24. The predicted molar refractivity (Wildman–Crippen MR) is 72.0 cm³/mol. The molecule has 0 amide bonds. The number of sulfonamides is 1. The van der Waals surface area contributed by atoms with Crippen molar-refractivity contribution in [2.24, 2.45) is 0 Å². The molecule has 17 heavy (non-hydrogen) atoms. The van der Waals surface area contributed by atoms with E-state index < -0.39 is 10.0 Å². The van der Waals surface area contributed by atoms with Crippen molar-refractivity contribution in [1.82, 2.24) is 5.32 Å². The first-order valence-corrected chi connectivity index (χ1v) is 7.41. The highest BCUT2D eigenvalue weighted by molar-refractivity contribution is 9.10. The maximum Gasteiger partial charge on any atom is 0.233 e. The van der Waals surface area contributed by atoms with Crippen LogP contribution in [0.15, 0.2) is 22.7 Å². The molecule has 0 saturated heterocycles. The first-order chi connectivity index (χ1) is 7.98. The molecule has 0 aliphatic heterocycles. The second-order valence-electron chi connectivity index (χ2n) is 3.37. The molecule has 0 bridgehead atoms. The standard InChI is InChI=1S/C10H15BrN2O3S/c1-12-5-6-17(14,15)13-8-3-4-10(16-2)9(11)7-8/h3-4,7,12-13H,5-6H2,1-2H3. The Morgan fingerprint density at radius 3 is 2.65 bits per heavy atom. The van der Waals surface area contributed by atoms with Crippen molar-refractivity contribution < 1.29 is 13.2 Å². The normalized spacial score (nSPS) is 11.2. The highest BCUT2D eigenvalue weighted by atomic mass is 79.9. The third kappa shape index (κ3) is 4.53. The molecular formula is C10H15BrN2O3S. The van der Waals surface area contributed by atoms with Crippen LogP contribution in [-0.4, -0.2) is 34.9 Å². The fraction of sp³-hybridized carbons (Fsp3) is 0.400. The summed E-state index contributed by atoms with van der Waals surface area (Å²) < 4.78 is 31.5. The van der Waals surface area contributed by atoms with Crippen molar-refractivity contribution in [3.05, 3.63) is 22.7 Å². The van der Waals surface area contributed by atoms with E-state index >= 15 is 0 Å². The molecule has 0 fully saturated rings. The lowest BCUT2D eigenvalue weighted by Gasteiger charge is -2.09. The van der Waals surface area contributed by atoms with E-state index in [0.29, 0.717) is 22.5 Å². The van der Waals surface area contributed by atoms with Gasteiger partial charge in [0, 0.05) is 12.2 Å². The lowest BCUT2D eigenvalue weighted by atomic mass is 10.3. The van der Waals surface area contributed by atoms with Crippen molar-refractivity contribution >= 4 is 31.6 Å². The molecule has 2 N–H and O–H groups in total. The molecule has 0 unspecified atom stereocenters. The van der Waals surface area contributed by atoms with Crippen LogP contribution in [-0.2, 0) is 10.0 Å². The number of methoxy groups -OCH3 is 1. The number of rotatable bonds is 6. The minimum absolute atomic E-state index is 0.0349. The van der Waals surface area contributed by atoms with E-state index in [2.05, 4.69) is 26.0 Å². The zero-order valence-electron chi connectivity index (χ0n) is 9.66. The summed E-state index contributed by atoms with van der Waals surface area (Å²) in [6.07, 6.45) is 0. The molecule has 0 saturated carbocycles. The quantitative estimate of drug-likeness (QED) is 0.831. The highest BCUT2D eigenvalue weighted by Gasteiger charge is 2.10. The highest BCUT2D eigenvalue weighted by Crippen LogP contribution is 2.28. The van der Waals surface area contributed by atoms with E-state index in [0.717, 1.165) is 0 Å². The number of hydrogen-bond donors (Lipinski definition) is 2. The molecule has 1 aromatic rings. The molecular weight excluding hydrogens is 308 g/mol. The SMILES string of the molecule is CNCCS(=O)(=O)Nc1ccc(OC)c(Br)c1. The molecule has 0 aliphatic rings. The van der Waals surface area contributed by atoms with E-state index in [1.807, 2.05) is 0 Å². The average Bonchev–Trinajstić information content (AvgIpc) is 2.26. The Hall–Kier alpha value is -0.790. The van der Waals surface area contributed by atoms with E-state index in [4.69, 9.17) is 4.74 Å². The summed E-state index contributed by atoms with van der Waals surface area (Å²) in [5.74, 6) is 0.691. The van der Waals surface area contributed by atoms with Gasteiger partial charge in [-0.15, -0.1) is 0 Å². The van der Waals surface area contributed by atoms with Crippen LogP contribution in [0.25, 0.3) is 0 Å². The second-order valence-corrected chi connectivity index (χ2v) is 6.07. The van der Waals surface area contributed by atoms with Gasteiger partial charge in [0.25, 0.3) is 0 Å². The van der Waals surface area contributed by atoms with Gasteiger partial charge in [0.15, 0.2) is 0 Å². The molecule has 7 heteroatoms. The largest absolute Gasteiger partial charge is 0.496 e. The number of anilines is 1. The van der Waals surface area contributed by atoms with Gasteiger partial charge >= 0.3 is 0 Å². The van der Waals surface area contributed by atoms with Crippen LogP contribution in [0.5, 0.6) is 5.75 Å². The summed E-state index contributed by atoms with van der Waals surface area (Å²) in [5.41, 5.74) is 0.508. The molecule has 1 rings (SSSR count). The van der Waals surface area contributed by atoms with Gasteiger partial charge in [-0.1, -0.05) is 0 Å². The van der Waals surface area contributed by atoms with Crippen molar-refractivity contribution in [2.75, 3.05) is 31.2 Å². The first-order valence-electron chi connectivity index (χ1n) is 4.97. The van der Waals surface area contributed by atoms with Gasteiger partial charge in [-0.25, -0.2) is 8.42 Å². The summed E-state index contributed by atoms with van der Waals surface area (Å²) in [4.78, 5) is 0. The zero-order chi connectivity index (χ0) is 12.9. The maximum absolute atomic E-state index is 11.6. The van der Waals surface area contributed by atoms with Crippen LogP contribution in [0.4, 0.5) is 5.69 Å². The molecule has 0 radical (unpaired) electrons. The van der Waals surface area contributed by atoms with E-state index in [1.54, 1.807) is 32.4 Å². The third-order valence-electron chi connectivity index (χ3n) is 2.05. The van der Waals surface area contributed by atoms with Gasteiger partial charge < -0.3 is 10.1 Å². The lowest BCUT2D eigenvalue weighted by molar-refractivity contribution is 0.412. The summed E-state index contributed by atoms with van der Waals surface area (Å²) >= 11 is 3.30. The third-order valence-corrected chi connectivity index (χ3v) is 3.95. The van der Waals surface area contributed by atoms with Crippen LogP contribution in [0.3, 0.4) is 0 Å². The van der Waals surface area contributed by atoms with Crippen LogP contribution in [0.1, 0.15) is 0 Å². The molecule has 0 atom stereocenters. The van der Waals surface area contributed by atoms with E-state index in [9.17, 15) is 8.42 Å². The van der Waals surface area contributed by atoms with Crippen LogP contribution >= 0.6 is 15.9 Å². The van der Waals surface area contributed by atoms with E-state index in [1.165, 1.54) is 0 Å². The minimum atomic E-state index is -3.31. The fourth-order valence-electron chi connectivity index (χ4n) is 1.20. The Balaban J connectivity index is 2.78. The Bertz CT molecular complexity index is 476. The topological polar surface area (TPSA) is 67.4 Å². The number of hydrogen-bond acceptors (Lipinski definition) is 4. The second kappa shape index (κ2) is 6.23. The van der Waals surface area contributed by atoms with Gasteiger partial charge in [0.2, 0.25) is 10.0 Å². The summed E-state index contributed by atoms with van der Waals surface area (Å²) in [6, 6.07) is 5.01. The van der Waals surface area contributed by atoms with Gasteiger partial charge in [-0.05, 0) is 41.2 Å². The fourth-order valence-corrected chi connectivity index (χ4v) is 2.80. The van der Waals surface area contributed by atoms with Gasteiger partial charge in [0.1, 0.15) is 5.75 Å². The molecule has 0 aromatic heterocycles. The summed E-state index contributed by atoms with van der Waals surface area (Å²) in [5, 5.41) is 2.79. The Morgan fingerprint density at radius 2 is 2.12 bits per heavy atom. The Morgan fingerprint density at radius 1 is 1.41 bits per heavy atom. The van der Waals surface area contributed by atoms with E-state index in [-0.39, 0.29) is 5.75 Å². The van der Waals surface area contributed by atoms with Gasteiger partial charge in [-0.2, -0.15) is 0 Å². The predicted octanol–water partition coefficient (Wildman–Crippen LogP) is 1.42. The number of ether oxygens (including phenoxy) is 1. The average molecular weight is 323 g/mol. The van der Waals surface area contributed by atoms with Crippen LogP contribution in [0.2, 0.25) is 0 Å².